The molecule has 6 heteroatoms. The van der Waals surface area contributed by atoms with Crippen molar-refractivity contribution in [2.75, 3.05) is 6.54 Å². The Balaban J connectivity index is 1.43. The largest absolute Gasteiger partial charge is 0.355 e. The fourth-order valence-electron chi connectivity index (χ4n) is 3.11. The predicted molar refractivity (Wildman–Crippen MR) is 115 cm³/mol. The van der Waals surface area contributed by atoms with Crippen molar-refractivity contribution >= 4 is 33.8 Å². The molecule has 2 aromatic heterocycles. The molecule has 1 atom stereocenters. The van der Waals surface area contributed by atoms with Crippen molar-refractivity contribution in [3.63, 3.8) is 0 Å². The number of aromatic nitrogens is 2. The normalized spacial score (nSPS) is 12.2. The lowest BCUT2D eigenvalue weighted by Crippen LogP contribution is -2.29. The first-order chi connectivity index (χ1) is 13.6. The molecule has 0 fully saturated rings. The van der Waals surface area contributed by atoms with Gasteiger partial charge in [0.1, 0.15) is 0 Å². The number of carbonyl (C=O) groups excluding carboxylic acids is 1. The molecule has 0 spiro atoms. The van der Waals surface area contributed by atoms with Crippen molar-refractivity contribution in [1.82, 2.24) is 14.7 Å². The lowest BCUT2D eigenvalue weighted by Gasteiger charge is -2.12. The molecule has 2 aromatic carbocycles. The van der Waals surface area contributed by atoms with E-state index < -0.39 is 0 Å². The predicted octanol–water partition coefficient (Wildman–Crippen LogP) is 5.18. The van der Waals surface area contributed by atoms with Crippen LogP contribution in [0.25, 0.3) is 16.2 Å². The van der Waals surface area contributed by atoms with E-state index in [0.29, 0.717) is 18.0 Å². The zero-order chi connectivity index (χ0) is 19.5. The van der Waals surface area contributed by atoms with E-state index in [2.05, 4.69) is 29.4 Å². The number of hydrogen-bond acceptors (Lipinski definition) is 3. The van der Waals surface area contributed by atoms with Gasteiger partial charge in [0.05, 0.1) is 12.1 Å². The van der Waals surface area contributed by atoms with Gasteiger partial charge in [-0.25, -0.2) is 4.98 Å². The Morgan fingerprint density at radius 2 is 1.93 bits per heavy atom. The number of carbonyl (C=O) groups is 1. The van der Waals surface area contributed by atoms with Crippen molar-refractivity contribution in [2.45, 2.75) is 19.3 Å². The number of hydrogen-bond donors (Lipinski definition) is 1. The summed E-state index contributed by atoms with van der Waals surface area (Å²) in [6, 6.07) is 17.8. The molecule has 4 nitrogen and oxygen atoms in total. The summed E-state index contributed by atoms with van der Waals surface area (Å²) in [6.07, 6.45) is 2.31. The highest BCUT2D eigenvalue weighted by atomic mass is 35.5. The van der Waals surface area contributed by atoms with Gasteiger partial charge in [0.2, 0.25) is 5.91 Å². The summed E-state index contributed by atoms with van der Waals surface area (Å²) in [7, 11) is 0. The average molecular weight is 410 g/mol. The third-order valence-corrected chi connectivity index (χ3v) is 5.88. The summed E-state index contributed by atoms with van der Waals surface area (Å²) < 4.78 is 1.99. The first-order valence-electron chi connectivity index (χ1n) is 9.13. The van der Waals surface area contributed by atoms with Crippen LogP contribution in [0.5, 0.6) is 0 Å². The van der Waals surface area contributed by atoms with Crippen LogP contribution >= 0.6 is 22.9 Å². The van der Waals surface area contributed by atoms with E-state index in [0.717, 1.165) is 21.9 Å². The van der Waals surface area contributed by atoms with Crippen LogP contribution in [0.1, 0.15) is 24.1 Å². The molecule has 0 saturated carbocycles. The topological polar surface area (TPSA) is 46.4 Å². The third kappa shape index (κ3) is 4.11. The van der Waals surface area contributed by atoms with E-state index in [1.807, 2.05) is 58.4 Å². The fourth-order valence-corrected chi connectivity index (χ4v) is 4.11. The first-order valence-corrected chi connectivity index (χ1v) is 10.4. The number of imidazole rings is 1. The van der Waals surface area contributed by atoms with E-state index in [1.165, 1.54) is 5.56 Å². The van der Waals surface area contributed by atoms with E-state index in [4.69, 9.17) is 11.6 Å². The number of fused-ring (bicyclic) bond motifs is 1. The molecule has 4 rings (SSSR count). The third-order valence-electron chi connectivity index (χ3n) is 4.74. The van der Waals surface area contributed by atoms with Gasteiger partial charge in [0, 0.05) is 34.4 Å². The van der Waals surface area contributed by atoms with Crippen LogP contribution in [0.15, 0.2) is 66.2 Å². The molecule has 0 aliphatic heterocycles. The van der Waals surface area contributed by atoms with Crippen LogP contribution in [-0.4, -0.2) is 21.8 Å². The summed E-state index contributed by atoms with van der Waals surface area (Å²) in [6.45, 7) is 2.74. The molecule has 28 heavy (non-hydrogen) atoms. The SMILES string of the molecule is C[C@@H](CNC(=O)Cc1csc2nc(-c3ccc(Cl)cc3)cn12)c1ccccc1. The number of amides is 1. The average Bonchev–Trinajstić information content (AvgIpc) is 3.29. The van der Waals surface area contributed by atoms with Gasteiger partial charge in [0.15, 0.2) is 4.96 Å². The number of nitrogens with zero attached hydrogens (tertiary/aromatic N) is 2. The summed E-state index contributed by atoms with van der Waals surface area (Å²) in [4.78, 5) is 18.0. The van der Waals surface area contributed by atoms with Gasteiger partial charge < -0.3 is 5.32 Å². The number of thiazole rings is 1. The van der Waals surface area contributed by atoms with Gasteiger partial charge in [-0.15, -0.1) is 11.3 Å². The van der Waals surface area contributed by atoms with Crippen LogP contribution in [0.3, 0.4) is 0 Å². The van der Waals surface area contributed by atoms with Crippen LogP contribution in [0.2, 0.25) is 5.02 Å². The van der Waals surface area contributed by atoms with Crippen LogP contribution in [0, 0.1) is 0 Å². The highest BCUT2D eigenvalue weighted by Crippen LogP contribution is 2.25. The fraction of sp³-hybridized carbons (Fsp3) is 0.182. The van der Waals surface area contributed by atoms with Crippen LogP contribution in [-0.2, 0) is 11.2 Å². The molecule has 0 aliphatic rings. The lowest BCUT2D eigenvalue weighted by molar-refractivity contribution is -0.120. The second kappa shape index (κ2) is 8.17. The highest BCUT2D eigenvalue weighted by Gasteiger charge is 2.13. The maximum Gasteiger partial charge on any atom is 0.226 e. The van der Waals surface area contributed by atoms with Crippen molar-refractivity contribution < 1.29 is 4.79 Å². The van der Waals surface area contributed by atoms with E-state index in [9.17, 15) is 4.79 Å². The van der Waals surface area contributed by atoms with E-state index >= 15 is 0 Å². The van der Waals surface area contributed by atoms with Crippen molar-refractivity contribution in [2.24, 2.45) is 0 Å². The minimum Gasteiger partial charge on any atom is -0.355 e. The Bertz CT molecular complexity index is 1090. The highest BCUT2D eigenvalue weighted by molar-refractivity contribution is 7.15. The number of benzene rings is 2. The molecule has 1 N–H and O–H groups in total. The molecule has 0 unspecified atom stereocenters. The summed E-state index contributed by atoms with van der Waals surface area (Å²) in [5.41, 5.74) is 4.05. The van der Waals surface area contributed by atoms with Gasteiger partial charge in [-0.3, -0.25) is 9.20 Å². The van der Waals surface area contributed by atoms with Gasteiger partial charge in [-0.1, -0.05) is 61.0 Å². The van der Waals surface area contributed by atoms with Crippen molar-refractivity contribution in [3.8, 4) is 11.3 Å². The lowest BCUT2D eigenvalue weighted by atomic mass is 10.0. The van der Waals surface area contributed by atoms with Crippen LogP contribution in [0.4, 0.5) is 0 Å². The minimum atomic E-state index is 0.0178. The monoisotopic (exact) mass is 409 g/mol. The molecule has 4 aromatic rings. The van der Waals surface area contributed by atoms with E-state index in [1.54, 1.807) is 11.3 Å². The Hall–Kier alpha value is -2.63. The Labute approximate surface area is 172 Å². The molecule has 0 radical (unpaired) electrons. The molecule has 2 heterocycles. The molecule has 0 saturated heterocycles. The van der Waals surface area contributed by atoms with E-state index in [-0.39, 0.29) is 11.8 Å². The first kappa shape index (κ1) is 18.7. The standard InChI is InChI=1S/C22H20ClN3OS/c1-15(16-5-3-2-4-6-16)12-24-21(27)11-19-14-28-22-25-20(13-26(19)22)17-7-9-18(23)10-8-17/h2-10,13-15H,11-12H2,1H3,(H,24,27)/t15-/m0/s1. The molecule has 142 valence electrons. The van der Waals surface area contributed by atoms with Gasteiger partial charge >= 0.3 is 0 Å². The minimum absolute atomic E-state index is 0.0178. The smallest absolute Gasteiger partial charge is 0.226 e. The zero-order valence-electron chi connectivity index (χ0n) is 15.4. The quantitative estimate of drug-likeness (QED) is 0.477. The Morgan fingerprint density at radius 1 is 1.18 bits per heavy atom. The molecule has 1 amide bonds. The number of halogens is 1. The number of nitrogens with one attached hydrogen (secondary N) is 1. The molecule has 0 aliphatic carbocycles. The summed E-state index contributed by atoms with van der Waals surface area (Å²) in [5, 5.41) is 5.74. The van der Waals surface area contributed by atoms with Crippen molar-refractivity contribution in [1.29, 1.82) is 0 Å². The zero-order valence-corrected chi connectivity index (χ0v) is 17.0. The summed E-state index contributed by atoms with van der Waals surface area (Å²) in [5.74, 6) is 0.293. The second-order valence-electron chi connectivity index (χ2n) is 6.81. The van der Waals surface area contributed by atoms with Crippen molar-refractivity contribution in [3.05, 3.63) is 82.5 Å². The van der Waals surface area contributed by atoms with Gasteiger partial charge in [0.25, 0.3) is 0 Å². The Kier molecular flexibility index (Phi) is 5.46. The maximum absolute atomic E-state index is 12.4. The molecular weight excluding hydrogens is 390 g/mol. The molecule has 0 bridgehead atoms. The second-order valence-corrected chi connectivity index (χ2v) is 8.08. The molecular formula is C22H20ClN3OS. The van der Waals surface area contributed by atoms with Gasteiger partial charge in [-0.2, -0.15) is 0 Å². The maximum atomic E-state index is 12.4. The summed E-state index contributed by atoms with van der Waals surface area (Å²) >= 11 is 7.50. The van der Waals surface area contributed by atoms with Crippen LogP contribution < -0.4 is 5.32 Å². The number of rotatable bonds is 6. The van der Waals surface area contributed by atoms with Gasteiger partial charge in [-0.05, 0) is 23.6 Å². The Morgan fingerprint density at radius 3 is 2.68 bits per heavy atom.